The Kier molecular flexibility index (Phi) is 7.86. The van der Waals surface area contributed by atoms with Gasteiger partial charge < -0.3 is 14.4 Å². The number of nitrogens with zero attached hydrogens (tertiary/aromatic N) is 1. The summed E-state index contributed by atoms with van der Waals surface area (Å²) in [6.07, 6.45) is 0.717. The molecule has 144 valence electrons. The maximum Gasteiger partial charge on any atom is 0.306 e. The van der Waals surface area contributed by atoms with E-state index in [9.17, 15) is 9.59 Å². The molecule has 0 aromatic heterocycles. The lowest BCUT2D eigenvalue weighted by Crippen LogP contribution is -2.33. The second-order valence-corrected chi connectivity index (χ2v) is 6.29. The highest BCUT2D eigenvalue weighted by atomic mass is 16.5. The van der Waals surface area contributed by atoms with Crippen LogP contribution in [0, 0.1) is 0 Å². The fourth-order valence-corrected chi connectivity index (χ4v) is 2.73. The third-order valence-corrected chi connectivity index (χ3v) is 4.48. The first-order valence-electron chi connectivity index (χ1n) is 9.19. The molecule has 0 N–H and O–H groups in total. The van der Waals surface area contributed by atoms with E-state index in [0.29, 0.717) is 13.0 Å². The molecule has 5 nitrogen and oxygen atoms in total. The smallest absolute Gasteiger partial charge is 0.306 e. The molecule has 0 saturated heterocycles. The Morgan fingerprint density at radius 2 is 1.70 bits per heavy atom. The molecule has 1 atom stereocenters. The van der Waals surface area contributed by atoms with Gasteiger partial charge in [-0.3, -0.25) is 9.59 Å². The van der Waals surface area contributed by atoms with E-state index in [2.05, 4.69) is 0 Å². The molecule has 0 heterocycles. The van der Waals surface area contributed by atoms with Crippen LogP contribution in [-0.4, -0.2) is 37.0 Å². The van der Waals surface area contributed by atoms with Crippen LogP contribution in [0.25, 0.3) is 0 Å². The molecular weight excluding hydrogens is 342 g/mol. The number of amides is 1. The minimum atomic E-state index is -0.393. The van der Waals surface area contributed by atoms with Gasteiger partial charge in [-0.15, -0.1) is 0 Å². The molecule has 1 unspecified atom stereocenters. The Labute approximate surface area is 160 Å². The van der Waals surface area contributed by atoms with Gasteiger partial charge in [0.15, 0.2) is 6.61 Å². The van der Waals surface area contributed by atoms with E-state index in [1.165, 1.54) is 0 Å². The van der Waals surface area contributed by atoms with E-state index < -0.39 is 5.97 Å². The number of para-hydroxylation sites is 1. The third kappa shape index (κ3) is 6.13. The second-order valence-electron chi connectivity index (χ2n) is 6.29. The molecule has 0 fully saturated rings. The molecule has 2 aromatic rings. The molecule has 2 aromatic carbocycles. The minimum Gasteiger partial charge on any atom is -0.494 e. The van der Waals surface area contributed by atoms with E-state index >= 15 is 0 Å². The summed E-state index contributed by atoms with van der Waals surface area (Å²) in [5.41, 5.74) is 1.99. The van der Waals surface area contributed by atoms with Crippen molar-refractivity contribution >= 4 is 11.9 Å². The van der Waals surface area contributed by atoms with E-state index in [1.807, 2.05) is 68.4 Å². The molecule has 0 radical (unpaired) electrons. The number of hydrogen-bond donors (Lipinski definition) is 0. The second kappa shape index (κ2) is 10.4. The van der Waals surface area contributed by atoms with Crippen molar-refractivity contribution in [1.82, 2.24) is 4.90 Å². The molecule has 27 heavy (non-hydrogen) atoms. The Morgan fingerprint density at radius 3 is 2.41 bits per heavy atom. The molecular formula is C22H27NO4. The normalized spacial score (nSPS) is 11.5. The summed E-state index contributed by atoms with van der Waals surface area (Å²) >= 11 is 0. The molecule has 0 aliphatic heterocycles. The van der Waals surface area contributed by atoms with Gasteiger partial charge in [-0.2, -0.15) is 0 Å². The van der Waals surface area contributed by atoms with E-state index in [1.54, 1.807) is 11.9 Å². The van der Waals surface area contributed by atoms with Crippen LogP contribution in [0.3, 0.4) is 0 Å². The summed E-state index contributed by atoms with van der Waals surface area (Å²) in [4.78, 5) is 25.9. The predicted molar refractivity (Wildman–Crippen MR) is 105 cm³/mol. The van der Waals surface area contributed by atoms with E-state index in [0.717, 1.165) is 16.9 Å². The van der Waals surface area contributed by atoms with E-state index in [-0.39, 0.29) is 25.0 Å². The van der Waals surface area contributed by atoms with Gasteiger partial charge in [0, 0.05) is 13.5 Å². The van der Waals surface area contributed by atoms with Crippen LogP contribution in [0.2, 0.25) is 0 Å². The molecule has 5 heteroatoms. The topological polar surface area (TPSA) is 55.8 Å². The molecule has 0 aliphatic rings. The van der Waals surface area contributed by atoms with Crippen molar-refractivity contribution < 1.29 is 19.1 Å². The Bertz CT molecular complexity index is 745. The highest BCUT2D eigenvalue weighted by Crippen LogP contribution is 2.20. The highest BCUT2D eigenvalue weighted by Gasteiger charge is 2.18. The minimum absolute atomic E-state index is 0.0875. The van der Waals surface area contributed by atoms with Crippen LogP contribution in [0.1, 0.15) is 37.4 Å². The van der Waals surface area contributed by atoms with Crippen molar-refractivity contribution in [2.24, 2.45) is 0 Å². The van der Waals surface area contributed by atoms with Crippen LogP contribution >= 0.6 is 0 Å². The van der Waals surface area contributed by atoms with Crippen molar-refractivity contribution in [2.45, 2.75) is 32.7 Å². The lowest BCUT2D eigenvalue weighted by Gasteiger charge is -2.25. The summed E-state index contributed by atoms with van der Waals surface area (Å²) in [5, 5.41) is 0. The zero-order valence-corrected chi connectivity index (χ0v) is 16.2. The first-order chi connectivity index (χ1) is 13.0. The van der Waals surface area contributed by atoms with Gasteiger partial charge >= 0.3 is 5.97 Å². The number of benzene rings is 2. The first-order valence-corrected chi connectivity index (χ1v) is 9.19. The summed E-state index contributed by atoms with van der Waals surface area (Å²) in [6.45, 7) is 4.19. The zero-order valence-electron chi connectivity index (χ0n) is 16.2. The fraction of sp³-hybridized carbons (Fsp3) is 0.364. The SMILES string of the molecule is CCOc1ccccc1CCC(=O)OCC(=O)N(C)C(C)c1ccccc1. The fourth-order valence-electron chi connectivity index (χ4n) is 2.73. The Morgan fingerprint density at radius 1 is 1.04 bits per heavy atom. The molecule has 1 amide bonds. The lowest BCUT2D eigenvalue weighted by molar-refractivity contribution is -0.152. The highest BCUT2D eigenvalue weighted by molar-refractivity contribution is 5.80. The van der Waals surface area contributed by atoms with Gasteiger partial charge in [0.1, 0.15) is 5.75 Å². The number of esters is 1. The van der Waals surface area contributed by atoms with Crippen LogP contribution in [0.5, 0.6) is 5.75 Å². The average molecular weight is 369 g/mol. The van der Waals surface area contributed by atoms with Crippen molar-refractivity contribution in [2.75, 3.05) is 20.3 Å². The number of aryl methyl sites for hydroxylation is 1. The summed E-state index contributed by atoms with van der Waals surface area (Å²) in [7, 11) is 1.71. The van der Waals surface area contributed by atoms with E-state index in [4.69, 9.17) is 9.47 Å². The number of ether oxygens (including phenoxy) is 2. The predicted octanol–water partition coefficient (Wildman–Crippen LogP) is 3.78. The van der Waals surface area contributed by atoms with Crippen molar-refractivity contribution in [1.29, 1.82) is 0 Å². The molecule has 2 rings (SSSR count). The van der Waals surface area contributed by atoms with Gasteiger partial charge in [0.2, 0.25) is 0 Å². The lowest BCUT2D eigenvalue weighted by atomic mass is 10.1. The summed E-state index contributed by atoms with van der Waals surface area (Å²) < 4.78 is 10.7. The van der Waals surface area contributed by atoms with Crippen molar-refractivity contribution in [3.63, 3.8) is 0 Å². The zero-order chi connectivity index (χ0) is 19.6. The van der Waals surface area contributed by atoms with Crippen molar-refractivity contribution in [3.8, 4) is 5.75 Å². The molecule has 0 saturated carbocycles. The summed E-state index contributed by atoms with van der Waals surface area (Å²) in [6, 6.07) is 17.3. The molecule has 0 aliphatic carbocycles. The number of likely N-dealkylation sites (N-methyl/N-ethyl adjacent to an activating group) is 1. The van der Waals surface area contributed by atoms with Gasteiger partial charge in [0.05, 0.1) is 12.6 Å². The maximum atomic E-state index is 12.3. The maximum absolute atomic E-state index is 12.3. The molecule has 0 spiro atoms. The number of carbonyl (C=O) groups is 2. The average Bonchev–Trinajstić information content (AvgIpc) is 2.71. The molecule has 0 bridgehead atoms. The van der Waals surface area contributed by atoms with Crippen molar-refractivity contribution in [3.05, 3.63) is 65.7 Å². The van der Waals surface area contributed by atoms with Gasteiger partial charge in [-0.1, -0.05) is 48.5 Å². The largest absolute Gasteiger partial charge is 0.494 e. The van der Waals surface area contributed by atoms with Gasteiger partial charge in [0.25, 0.3) is 5.91 Å². The monoisotopic (exact) mass is 369 g/mol. The van der Waals surface area contributed by atoms with Gasteiger partial charge in [-0.25, -0.2) is 0 Å². The Balaban J connectivity index is 1.80. The number of rotatable bonds is 9. The standard InChI is InChI=1S/C22H27NO4/c1-4-26-20-13-9-8-12-19(20)14-15-22(25)27-16-21(24)23(3)17(2)18-10-6-5-7-11-18/h5-13,17H,4,14-16H2,1-3H3. The van der Waals surface area contributed by atoms with Crippen LogP contribution in [0.4, 0.5) is 0 Å². The number of carbonyl (C=O) groups excluding carboxylic acids is 2. The quantitative estimate of drug-likeness (QED) is 0.631. The van der Waals surface area contributed by atoms with Gasteiger partial charge in [-0.05, 0) is 37.5 Å². The Hall–Kier alpha value is -2.82. The third-order valence-electron chi connectivity index (χ3n) is 4.48. The number of hydrogen-bond acceptors (Lipinski definition) is 4. The van der Waals surface area contributed by atoms with Crippen LogP contribution in [-0.2, 0) is 20.7 Å². The summed E-state index contributed by atoms with van der Waals surface area (Å²) in [5.74, 6) is 0.158. The first kappa shape index (κ1) is 20.5. The van der Waals surface area contributed by atoms with Crippen LogP contribution < -0.4 is 4.74 Å². The van der Waals surface area contributed by atoms with Crippen LogP contribution in [0.15, 0.2) is 54.6 Å².